The van der Waals surface area contributed by atoms with Gasteiger partial charge in [-0.2, -0.15) is 0 Å². The predicted octanol–water partition coefficient (Wildman–Crippen LogP) is 6.31. The highest BCUT2D eigenvalue weighted by atomic mass is 32.2. The third kappa shape index (κ3) is 5.57. The van der Waals surface area contributed by atoms with Crippen LogP contribution in [0.5, 0.6) is 5.75 Å². The van der Waals surface area contributed by atoms with Crippen molar-refractivity contribution < 1.29 is 19.1 Å². The summed E-state index contributed by atoms with van der Waals surface area (Å²) in [6.45, 7) is 6.14. The van der Waals surface area contributed by atoms with Crippen LogP contribution in [-0.4, -0.2) is 35.1 Å². The van der Waals surface area contributed by atoms with Gasteiger partial charge in [-0.15, -0.1) is 0 Å². The Morgan fingerprint density at radius 1 is 1.09 bits per heavy atom. The van der Waals surface area contributed by atoms with Crippen LogP contribution in [0.25, 0.3) is 16.8 Å². The summed E-state index contributed by atoms with van der Waals surface area (Å²) in [5.41, 5.74) is 3.34. The van der Waals surface area contributed by atoms with Crippen molar-refractivity contribution in [1.82, 2.24) is 4.90 Å². The third-order valence-corrected chi connectivity index (χ3v) is 6.71. The number of carbonyl (C=O) groups is 3. The molecule has 180 valence electrons. The van der Waals surface area contributed by atoms with Gasteiger partial charge in [-0.25, -0.2) is 0 Å². The number of rotatable bonds is 8. The molecule has 3 aromatic rings. The van der Waals surface area contributed by atoms with E-state index < -0.39 is 17.1 Å². The monoisotopic (exact) mass is 488 g/mol. The van der Waals surface area contributed by atoms with Gasteiger partial charge in [0.05, 0.1) is 11.5 Å². The first-order valence-corrected chi connectivity index (χ1v) is 12.5. The van der Waals surface area contributed by atoms with Crippen molar-refractivity contribution in [3.63, 3.8) is 0 Å². The molecule has 0 saturated carbocycles. The minimum Gasteiger partial charge on any atom is -0.493 e. The van der Waals surface area contributed by atoms with Crippen molar-refractivity contribution in [2.24, 2.45) is 0 Å². The maximum atomic E-state index is 13.1. The number of hydrogen-bond acceptors (Lipinski definition) is 5. The Balaban J connectivity index is 1.58. The zero-order valence-electron chi connectivity index (χ0n) is 20.1. The van der Waals surface area contributed by atoms with Gasteiger partial charge in [0, 0.05) is 11.3 Å². The molecule has 0 unspecified atom stereocenters. The molecule has 0 spiro atoms. The summed E-state index contributed by atoms with van der Waals surface area (Å²) in [7, 11) is 0. The van der Waals surface area contributed by atoms with E-state index in [2.05, 4.69) is 12.2 Å². The second-order valence-corrected chi connectivity index (χ2v) is 9.53. The molecule has 1 aliphatic rings. The summed E-state index contributed by atoms with van der Waals surface area (Å²) in [4.78, 5) is 39.7. The zero-order valence-corrected chi connectivity index (χ0v) is 20.9. The number of anilines is 1. The molecule has 7 heteroatoms. The van der Waals surface area contributed by atoms with Crippen molar-refractivity contribution in [1.29, 1.82) is 0 Å². The highest BCUT2D eigenvalue weighted by Crippen LogP contribution is 2.37. The minimum absolute atomic E-state index is 0.270. The van der Waals surface area contributed by atoms with Crippen LogP contribution >= 0.6 is 11.8 Å². The van der Waals surface area contributed by atoms with Gasteiger partial charge in [-0.05, 0) is 72.1 Å². The van der Waals surface area contributed by atoms with E-state index in [-0.39, 0.29) is 11.4 Å². The van der Waals surface area contributed by atoms with Crippen LogP contribution in [-0.2, 0) is 9.59 Å². The largest absolute Gasteiger partial charge is 0.493 e. The highest BCUT2D eigenvalue weighted by molar-refractivity contribution is 8.18. The lowest BCUT2D eigenvalue weighted by Crippen LogP contribution is -2.36. The molecule has 0 aliphatic carbocycles. The molecule has 1 heterocycles. The molecule has 6 nitrogen and oxygen atoms in total. The Morgan fingerprint density at radius 3 is 2.69 bits per heavy atom. The molecular weight excluding hydrogens is 460 g/mol. The number of nitrogens with zero attached hydrogens (tertiary/aromatic N) is 1. The summed E-state index contributed by atoms with van der Waals surface area (Å²) in [6.07, 6.45) is 3.63. The number of amides is 3. The molecule has 0 aromatic heterocycles. The van der Waals surface area contributed by atoms with Crippen LogP contribution in [0.2, 0.25) is 0 Å². The summed E-state index contributed by atoms with van der Waals surface area (Å²) >= 11 is 0.839. The number of nitrogens with one attached hydrogen (secondary N) is 1. The number of ether oxygens (including phenoxy) is 1. The van der Waals surface area contributed by atoms with Crippen LogP contribution in [0.1, 0.15) is 36.5 Å². The third-order valence-electron chi connectivity index (χ3n) is 5.80. The number of fused-ring (bicyclic) bond motifs is 1. The molecule has 3 amide bonds. The number of aryl methyl sites for hydroxylation is 2. The molecule has 1 N–H and O–H groups in total. The molecule has 1 saturated heterocycles. The number of benzene rings is 3. The quantitative estimate of drug-likeness (QED) is 0.297. The van der Waals surface area contributed by atoms with Crippen molar-refractivity contribution in [2.45, 2.75) is 33.6 Å². The van der Waals surface area contributed by atoms with E-state index >= 15 is 0 Å². The van der Waals surface area contributed by atoms with E-state index in [0.29, 0.717) is 18.0 Å². The average molecular weight is 489 g/mol. The second-order valence-electron chi connectivity index (χ2n) is 8.53. The van der Waals surface area contributed by atoms with E-state index in [9.17, 15) is 14.4 Å². The van der Waals surface area contributed by atoms with Gasteiger partial charge in [-0.1, -0.05) is 55.8 Å². The van der Waals surface area contributed by atoms with E-state index in [4.69, 9.17) is 4.74 Å². The first-order chi connectivity index (χ1) is 16.9. The maximum Gasteiger partial charge on any atom is 0.294 e. The highest BCUT2D eigenvalue weighted by Gasteiger charge is 2.36. The van der Waals surface area contributed by atoms with Gasteiger partial charge >= 0.3 is 0 Å². The van der Waals surface area contributed by atoms with Gasteiger partial charge in [0.15, 0.2) is 0 Å². The number of imide groups is 1. The molecule has 1 fully saturated rings. The first kappa shape index (κ1) is 24.5. The molecule has 3 aromatic carbocycles. The van der Waals surface area contributed by atoms with E-state index in [1.807, 2.05) is 68.4 Å². The Hall–Kier alpha value is -3.58. The van der Waals surface area contributed by atoms with Crippen LogP contribution in [0.15, 0.2) is 59.5 Å². The van der Waals surface area contributed by atoms with Crippen LogP contribution in [0.4, 0.5) is 10.5 Å². The van der Waals surface area contributed by atoms with E-state index in [1.165, 1.54) is 0 Å². The smallest absolute Gasteiger partial charge is 0.294 e. The van der Waals surface area contributed by atoms with Crippen molar-refractivity contribution in [3.8, 4) is 5.75 Å². The lowest BCUT2D eigenvalue weighted by atomic mass is 10.0. The van der Waals surface area contributed by atoms with Crippen molar-refractivity contribution in [2.75, 3.05) is 18.5 Å². The van der Waals surface area contributed by atoms with E-state index in [1.54, 1.807) is 6.08 Å². The van der Waals surface area contributed by atoms with Gasteiger partial charge in [0.2, 0.25) is 5.91 Å². The van der Waals surface area contributed by atoms with Gasteiger partial charge in [0.25, 0.3) is 11.1 Å². The Labute approximate surface area is 209 Å². The summed E-state index contributed by atoms with van der Waals surface area (Å²) in [6, 6.07) is 17.5. The van der Waals surface area contributed by atoms with Gasteiger partial charge in [0.1, 0.15) is 12.3 Å². The molecule has 4 rings (SSSR count). The van der Waals surface area contributed by atoms with E-state index in [0.717, 1.165) is 57.0 Å². The number of thioether (sulfide) groups is 1. The first-order valence-electron chi connectivity index (χ1n) is 11.6. The summed E-state index contributed by atoms with van der Waals surface area (Å²) in [5, 5.41) is 4.28. The van der Waals surface area contributed by atoms with Crippen LogP contribution in [0.3, 0.4) is 0 Å². The predicted molar refractivity (Wildman–Crippen MR) is 142 cm³/mol. The fourth-order valence-corrected chi connectivity index (χ4v) is 4.67. The summed E-state index contributed by atoms with van der Waals surface area (Å²) in [5.74, 6) is -0.240. The van der Waals surface area contributed by atoms with Crippen molar-refractivity contribution in [3.05, 3.63) is 76.2 Å². The van der Waals surface area contributed by atoms with Crippen molar-refractivity contribution >= 4 is 51.4 Å². The average Bonchev–Trinajstić information content (AvgIpc) is 3.10. The zero-order chi connectivity index (χ0) is 24.9. The Morgan fingerprint density at radius 2 is 1.89 bits per heavy atom. The number of hydrogen-bond donors (Lipinski definition) is 1. The fraction of sp³-hybridized carbons (Fsp3) is 0.250. The molecule has 0 atom stereocenters. The fourth-order valence-electron chi connectivity index (χ4n) is 3.85. The topological polar surface area (TPSA) is 75.7 Å². The molecule has 0 bridgehead atoms. The van der Waals surface area contributed by atoms with Gasteiger partial charge < -0.3 is 10.1 Å². The van der Waals surface area contributed by atoms with Gasteiger partial charge in [-0.3, -0.25) is 19.3 Å². The molecule has 0 radical (unpaired) electrons. The van der Waals surface area contributed by atoms with Crippen LogP contribution < -0.4 is 10.1 Å². The molecule has 35 heavy (non-hydrogen) atoms. The lowest BCUT2D eigenvalue weighted by molar-refractivity contribution is -0.127. The standard InChI is InChI=1S/C28H28N2O4S/c1-4-5-14-34-24-13-12-20-8-6-7-9-21(20)22(24)16-25-27(32)30(28(33)35-25)17-26(31)29-23-15-18(2)10-11-19(23)3/h6-13,15-16H,4-5,14,17H2,1-3H3,(H,29,31)/b25-16-. The maximum absolute atomic E-state index is 13.1. The van der Waals surface area contributed by atoms with Crippen LogP contribution in [0, 0.1) is 13.8 Å². The second kappa shape index (κ2) is 10.8. The number of carbonyl (C=O) groups excluding carboxylic acids is 3. The molecule has 1 aliphatic heterocycles. The Kier molecular flexibility index (Phi) is 7.56. The minimum atomic E-state index is -0.483. The Bertz CT molecular complexity index is 1330. The molecular formula is C28H28N2O4S. The summed E-state index contributed by atoms with van der Waals surface area (Å²) < 4.78 is 6.01. The lowest BCUT2D eigenvalue weighted by Gasteiger charge is -2.14. The number of unbranched alkanes of at least 4 members (excludes halogenated alkanes) is 1. The SMILES string of the molecule is CCCCOc1ccc2ccccc2c1/C=C1\SC(=O)N(CC(=O)Nc2cc(C)ccc2C)C1=O. The normalized spacial score (nSPS) is 14.7.